The van der Waals surface area contributed by atoms with Crippen molar-refractivity contribution < 1.29 is 14.3 Å². The van der Waals surface area contributed by atoms with Crippen molar-refractivity contribution in [2.75, 3.05) is 13.2 Å². The number of benzene rings is 1. The molecule has 17 heavy (non-hydrogen) atoms. The second kappa shape index (κ2) is 6.40. The summed E-state index contributed by atoms with van der Waals surface area (Å²) in [6.45, 7) is 7.00. The van der Waals surface area contributed by atoms with Gasteiger partial charge in [-0.2, -0.15) is 0 Å². The van der Waals surface area contributed by atoms with E-state index in [9.17, 15) is 4.79 Å². The summed E-state index contributed by atoms with van der Waals surface area (Å²) in [4.78, 5) is 11.5. The summed E-state index contributed by atoms with van der Waals surface area (Å²) >= 11 is 0. The van der Waals surface area contributed by atoms with Crippen LogP contribution in [0.5, 0.6) is 0 Å². The van der Waals surface area contributed by atoms with E-state index in [4.69, 9.17) is 9.47 Å². The predicted molar refractivity (Wildman–Crippen MR) is 67.0 cm³/mol. The van der Waals surface area contributed by atoms with Crippen LogP contribution in [0.2, 0.25) is 0 Å². The average Bonchev–Trinajstić information content (AvgIpc) is 2.28. The first kappa shape index (κ1) is 13.7. The molecule has 0 aromatic heterocycles. The highest BCUT2D eigenvalue weighted by atomic mass is 16.5. The largest absolute Gasteiger partial charge is 0.462 e. The maximum Gasteiger partial charge on any atom is 0.338 e. The van der Waals surface area contributed by atoms with Gasteiger partial charge in [0.15, 0.2) is 0 Å². The van der Waals surface area contributed by atoms with Crippen molar-refractivity contribution in [3.63, 3.8) is 0 Å². The van der Waals surface area contributed by atoms with Crippen molar-refractivity contribution in [1.82, 2.24) is 0 Å². The Morgan fingerprint density at radius 3 is 2.35 bits per heavy atom. The number of hydrogen-bond donors (Lipinski definition) is 0. The van der Waals surface area contributed by atoms with Crippen LogP contribution in [-0.4, -0.2) is 24.8 Å². The molecular weight excluding hydrogens is 216 g/mol. The van der Waals surface area contributed by atoms with Crippen molar-refractivity contribution in [2.24, 2.45) is 0 Å². The van der Waals surface area contributed by atoms with E-state index in [1.165, 1.54) is 0 Å². The fraction of sp³-hybridized carbons (Fsp3) is 0.500. The number of carbonyl (C=O) groups excluding carboxylic acids is 1. The molecule has 0 aliphatic heterocycles. The van der Waals surface area contributed by atoms with Crippen molar-refractivity contribution >= 4 is 5.97 Å². The molecule has 3 nitrogen and oxygen atoms in total. The zero-order valence-corrected chi connectivity index (χ0v) is 10.7. The SMILES string of the molecule is CC(C)(C)OCCCOC(=O)c1ccccc1. The summed E-state index contributed by atoms with van der Waals surface area (Å²) in [7, 11) is 0. The number of hydrogen-bond acceptors (Lipinski definition) is 3. The van der Waals surface area contributed by atoms with E-state index in [2.05, 4.69) is 0 Å². The Morgan fingerprint density at radius 2 is 1.76 bits per heavy atom. The van der Waals surface area contributed by atoms with Crippen molar-refractivity contribution in [3.8, 4) is 0 Å². The average molecular weight is 236 g/mol. The molecule has 0 radical (unpaired) electrons. The van der Waals surface area contributed by atoms with Crippen molar-refractivity contribution in [3.05, 3.63) is 35.9 Å². The smallest absolute Gasteiger partial charge is 0.338 e. The second-order valence-electron chi connectivity index (χ2n) is 4.82. The van der Waals surface area contributed by atoms with E-state index in [-0.39, 0.29) is 11.6 Å². The zero-order valence-electron chi connectivity index (χ0n) is 10.7. The first-order chi connectivity index (χ1) is 7.99. The highest BCUT2D eigenvalue weighted by molar-refractivity contribution is 5.89. The summed E-state index contributed by atoms with van der Waals surface area (Å²) < 4.78 is 10.6. The Labute approximate surface area is 103 Å². The summed E-state index contributed by atoms with van der Waals surface area (Å²) in [5.41, 5.74) is 0.452. The van der Waals surface area contributed by atoms with Gasteiger partial charge in [0.05, 0.1) is 24.4 Å². The maximum absolute atomic E-state index is 11.5. The van der Waals surface area contributed by atoms with Gasteiger partial charge in [0.2, 0.25) is 0 Å². The zero-order chi connectivity index (χ0) is 12.7. The molecule has 0 spiro atoms. The van der Waals surface area contributed by atoms with Gasteiger partial charge in [-0.1, -0.05) is 18.2 Å². The van der Waals surface area contributed by atoms with Gasteiger partial charge in [-0.05, 0) is 32.9 Å². The molecule has 3 heteroatoms. The highest BCUT2D eigenvalue weighted by Crippen LogP contribution is 2.07. The minimum atomic E-state index is -0.277. The van der Waals surface area contributed by atoms with Crippen molar-refractivity contribution in [2.45, 2.75) is 32.8 Å². The van der Waals surface area contributed by atoms with Crippen LogP contribution in [0.1, 0.15) is 37.6 Å². The third kappa shape index (κ3) is 6.07. The molecule has 0 bridgehead atoms. The van der Waals surface area contributed by atoms with E-state index >= 15 is 0 Å². The summed E-state index contributed by atoms with van der Waals surface area (Å²) in [5, 5.41) is 0. The molecule has 0 saturated heterocycles. The van der Waals surface area contributed by atoms with Crippen LogP contribution in [0.25, 0.3) is 0 Å². The van der Waals surface area contributed by atoms with Crippen LogP contribution in [0, 0.1) is 0 Å². The van der Waals surface area contributed by atoms with Gasteiger partial charge in [-0.3, -0.25) is 0 Å². The standard InChI is InChI=1S/C14H20O3/c1-14(2,3)17-11-7-10-16-13(15)12-8-5-4-6-9-12/h4-6,8-9H,7,10-11H2,1-3H3. The van der Waals surface area contributed by atoms with Gasteiger partial charge in [0.1, 0.15) is 0 Å². The number of ether oxygens (including phenoxy) is 2. The number of esters is 1. The molecule has 0 heterocycles. The molecule has 0 fully saturated rings. The molecule has 0 aliphatic rings. The first-order valence-corrected chi connectivity index (χ1v) is 5.85. The lowest BCUT2D eigenvalue weighted by Crippen LogP contribution is -2.20. The minimum Gasteiger partial charge on any atom is -0.462 e. The van der Waals surface area contributed by atoms with Crippen LogP contribution in [0.15, 0.2) is 30.3 Å². The Balaban J connectivity index is 2.18. The topological polar surface area (TPSA) is 35.5 Å². The summed E-state index contributed by atoms with van der Waals surface area (Å²) in [5.74, 6) is -0.277. The third-order valence-electron chi connectivity index (χ3n) is 2.07. The molecule has 0 aliphatic carbocycles. The molecule has 0 saturated carbocycles. The van der Waals surface area contributed by atoms with Crippen LogP contribution < -0.4 is 0 Å². The summed E-state index contributed by atoms with van der Waals surface area (Å²) in [6.07, 6.45) is 0.718. The lowest BCUT2D eigenvalue weighted by Gasteiger charge is -2.19. The lowest BCUT2D eigenvalue weighted by molar-refractivity contribution is -0.0117. The monoisotopic (exact) mass is 236 g/mol. The third-order valence-corrected chi connectivity index (χ3v) is 2.07. The minimum absolute atomic E-state index is 0.135. The van der Waals surface area contributed by atoms with Crippen LogP contribution >= 0.6 is 0 Å². The van der Waals surface area contributed by atoms with E-state index in [1.807, 2.05) is 39.0 Å². The number of carbonyl (C=O) groups is 1. The van der Waals surface area contributed by atoms with Gasteiger partial charge >= 0.3 is 5.97 Å². The normalized spacial score (nSPS) is 11.2. The molecule has 1 aromatic carbocycles. The second-order valence-corrected chi connectivity index (χ2v) is 4.82. The molecule has 1 aromatic rings. The fourth-order valence-electron chi connectivity index (χ4n) is 1.26. The van der Waals surface area contributed by atoms with Crippen LogP contribution in [-0.2, 0) is 9.47 Å². The first-order valence-electron chi connectivity index (χ1n) is 5.85. The summed E-state index contributed by atoms with van der Waals surface area (Å²) in [6, 6.07) is 8.99. The molecule has 0 N–H and O–H groups in total. The predicted octanol–water partition coefficient (Wildman–Crippen LogP) is 3.05. The van der Waals surface area contributed by atoms with E-state index in [0.29, 0.717) is 18.8 Å². The Hall–Kier alpha value is -1.35. The van der Waals surface area contributed by atoms with E-state index < -0.39 is 0 Å². The van der Waals surface area contributed by atoms with E-state index in [1.54, 1.807) is 12.1 Å². The quantitative estimate of drug-likeness (QED) is 0.582. The number of rotatable bonds is 5. The molecule has 94 valence electrons. The van der Waals surface area contributed by atoms with Gasteiger partial charge in [0.25, 0.3) is 0 Å². The van der Waals surface area contributed by atoms with Gasteiger partial charge < -0.3 is 9.47 Å². The Morgan fingerprint density at radius 1 is 1.12 bits per heavy atom. The van der Waals surface area contributed by atoms with Gasteiger partial charge in [-0.15, -0.1) is 0 Å². The lowest BCUT2D eigenvalue weighted by atomic mass is 10.2. The molecule has 0 atom stereocenters. The molecular formula is C14H20O3. The van der Waals surface area contributed by atoms with Crippen molar-refractivity contribution in [1.29, 1.82) is 0 Å². The van der Waals surface area contributed by atoms with Crippen LogP contribution in [0.4, 0.5) is 0 Å². The van der Waals surface area contributed by atoms with Gasteiger partial charge in [0, 0.05) is 6.42 Å². The maximum atomic E-state index is 11.5. The molecule has 0 amide bonds. The van der Waals surface area contributed by atoms with Crippen LogP contribution in [0.3, 0.4) is 0 Å². The molecule has 1 rings (SSSR count). The molecule has 0 unspecified atom stereocenters. The fourth-order valence-corrected chi connectivity index (χ4v) is 1.26. The van der Waals surface area contributed by atoms with E-state index in [0.717, 1.165) is 6.42 Å². The Kier molecular flexibility index (Phi) is 5.16. The highest BCUT2D eigenvalue weighted by Gasteiger charge is 2.10. The Bertz CT molecular complexity index is 338. The van der Waals surface area contributed by atoms with Gasteiger partial charge in [-0.25, -0.2) is 4.79 Å².